The molecule has 9 heteroatoms. The van der Waals surface area contributed by atoms with Gasteiger partial charge in [-0.15, -0.1) is 11.3 Å². The summed E-state index contributed by atoms with van der Waals surface area (Å²) in [5.41, 5.74) is 10.0. The lowest BCUT2D eigenvalue weighted by Crippen LogP contribution is -2.19. The van der Waals surface area contributed by atoms with Crippen molar-refractivity contribution in [3.8, 4) is 27.6 Å². The number of aryl methyl sites for hydroxylation is 1. The van der Waals surface area contributed by atoms with Crippen LogP contribution in [0.5, 0.6) is 5.75 Å². The summed E-state index contributed by atoms with van der Waals surface area (Å²) in [6.07, 6.45) is 1.73. The Morgan fingerprint density at radius 2 is 1.97 bits per heavy atom. The number of nitrogens with zero attached hydrogens (tertiary/aromatic N) is 4. The van der Waals surface area contributed by atoms with Crippen LogP contribution >= 0.6 is 22.9 Å². The molecule has 4 aromatic rings. The van der Waals surface area contributed by atoms with Crippen LogP contribution in [0, 0.1) is 6.92 Å². The van der Waals surface area contributed by atoms with Crippen LogP contribution in [0.2, 0.25) is 5.02 Å². The van der Waals surface area contributed by atoms with Gasteiger partial charge in [0.25, 0.3) is 0 Å². The fraction of sp³-hybridized carbons (Fsp3) is 0.208. The molecule has 0 amide bonds. The van der Waals surface area contributed by atoms with Gasteiger partial charge in [0.1, 0.15) is 12.4 Å². The van der Waals surface area contributed by atoms with Gasteiger partial charge in [-0.1, -0.05) is 23.7 Å². The molecule has 0 aliphatic heterocycles. The minimum absolute atomic E-state index is 0.467. The zero-order valence-electron chi connectivity index (χ0n) is 18.7. The van der Waals surface area contributed by atoms with Crippen LogP contribution in [-0.2, 0) is 0 Å². The molecule has 0 saturated carbocycles. The molecule has 0 radical (unpaired) electrons. The van der Waals surface area contributed by atoms with E-state index in [1.165, 1.54) is 0 Å². The molecule has 2 aromatic carbocycles. The normalized spacial score (nSPS) is 11.1. The maximum Gasteiger partial charge on any atom is 0.227 e. The fourth-order valence-electron chi connectivity index (χ4n) is 3.19. The van der Waals surface area contributed by atoms with Crippen LogP contribution < -0.4 is 15.8 Å². The minimum Gasteiger partial charge on any atom is -0.491 e. The van der Waals surface area contributed by atoms with Crippen LogP contribution in [0.3, 0.4) is 0 Å². The number of halogens is 1. The number of anilines is 3. The standard InChI is InChI=1S/C24H25ClN6OS/c1-15-28-22(16-5-4-6-17(26)13-16)23(33-15)20-9-10-27-24(30-20)29-18-7-8-21(19(25)14-18)32-12-11-31(2)3/h4-10,13-14H,11-12,26H2,1-3H3,(H,27,29,30). The van der Waals surface area contributed by atoms with E-state index in [0.29, 0.717) is 29.0 Å². The highest BCUT2D eigenvalue weighted by molar-refractivity contribution is 7.15. The largest absolute Gasteiger partial charge is 0.491 e. The van der Waals surface area contributed by atoms with Gasteiger partial charge in [-0.3, -0.25) is 0 Å². The minimum atomic E-state index is 0.467. The van der Waals surface area contributed by atoms with E-state index in [9.17, 15) is 0 Å². The number of nitrogens with two attached hydrogens (primary N) is 1. The number of benzene rings is 2. The number of ether oxygens (including phenoxy) is 1. The molecule has 2 heterocycles. The first-order chi connectivity index (χ1) is 15.9. The summed E-state index contributed by atoms with van der Waals surface area (Å²) < 4.78 is 5.75. The Bertz CT molecular complexity index is 1260. The lowest BCUT2D eigenvalue weighted by Gasteiger charge is -2.13. The first kappa shape index (κ1) is 23.0. The van der Waals surface area contributed by atoms with Crippen LogP contribution in [0.25, 0.3) is 21.8 Å². The summed E-state index contributed by atoms with van der Waals surface area (Å²) in [7, 11) is 4.00. The van der Waals surface area contributed by atoms with Crippen molar-refractivity contribution >= 4 is 40.3 Å². The van der Waals surface area contributed by atoms with Gasteiger partial charge in [0.05, 0.1) is 26.3 Å². The number of nitrogens with one attached hydrogen (secondary N) is 1. The van der Waals surface area contributed by atoms with Crippen molar-refractivity contribution in [1.82, 2.24) is 19.9 Å². The third-order valence-corrected chi connectivity index (χ3v) is 6.06. The molecular formula is C24H25ClN6OS. The van der Waals surface area contributed by atoms with E-state index >= 15 is 0 Å². The summed E-state index contributed by atoms with van der Waals surface area (Å²) in [5.74, 6) is 1.11. The molecule has 7 nitrogen and oxygen atoms in total. The predicted octanol–water partition coefficient (Wildman–Crippen LogP) is 5.50. The lowest BCUT2D eigenvalue weighted by molar-refractivity contribution is 0.261. The van der Waals surface area contributed by atoms with Crippen LogP contribution in [0.1, 0.15) is 5.01 Å². The summed E-state index contributed by atoms with van der Waals surface area (Å²) >= 11 is 7.99. The Morgan fingerprint density at radius 3 is 2.73 bits per heavy atom. The van der Waals surface area contributed by atoms with Crippen molar-refractivity contribution < 1.29 is 4.74 Å². The van der Waals surface area contributed by atoms with E-state index in [4.69, 9.17) is 32.0 Å². The number of rotatable bonds is 8. The molecule has 0 spiro atoms. The van der Waals surface area contributed by atoms with E-state index in [-0.39, 0.29) is 0 Å². The molecule has 0 aliphatic rings. The van der Waals surface area contributed by atoms with Crippen molar-refractivity contribution in [3.63, 3.8) is 0 Å². The first-order valence-corrected chi connectivity index (χ1v) is 11.6. The molecule has 0 aliphatic carbocycles. The Kier molecular flexibility index (Phi) is 7.08. The number of likely N-dealkylation sites (N-methyl/N-ethyl adjacent to an activating group) is 1. The van der Waals surface area contributed by atoms with Crippen molar-refractivity contribution in [3.05, 3.63) is 64.8 Å². The van der Waals surface area contributed by atoms with Gasteiger partial charge in [0, 0.05) is 29.7 Å². The first-order valence-electron chi connectivity index (χ1n) is 10.4. The zero-order chi connectivity index (χ0) is 23.4. The maximum atomic E-state index is 6.41. The number of nitrogen functional groups attached to an aromatic ring is 1. The quantitative estimate of drug-likeness (QED) is 0.322. The molecule has 33 heavy (non-hydrogen) atoms. The lowest BCUT2D eigenvalue weighted by atomic mass is 10.1. The van der Waals surface area contributed by atoms with Gasteiger partial charge >= 0.3 is 0 Å². The van der Waals surface area contributed by atoms with E-state index in [2.05, 4.69) is 15.2 Å². The van der Waals surface area contributed by atoms with Gasteiger partial charge in [-0.25, -0.2) is 15.0 Å². The molecule has 3 N–H and O–H groups in total. The Morgan fingerprint density at radius 1 is 1.12 bits per heavy atom. The summed E-state index contributed by atoms with van der Waals surface area (Å²) in [6.45, 7) is 3.36. The monoisotopic (exact) mass is 480 g/mol. The third kappa shape index (κ3) is 5.78. The van der Waals surface area contributed by atoms with Gasteiger partial charge in [0.2, 0.25) is 5.95 Å². The van der Waals surface area contributed by atoms with E-state index in [1.807, 2.05) is 63.5 Å². The predicted molar refractivity (Wildman–Crippen MR) is 137 cm³/mol. The van der Waals surface area contributed by atoms with Gasteiger partial charge < -0.3 is 20.7 Å². The zero-order valence-corrected chi connectivity index (χ0v) is 20.2. The third-order valence-electron chi connectivity index (χ3n) is 4.77. The van der Waals surface area contributed by atoms with E-state index in [1.54, 1.807) is 23.6 Å². The molecule has 0 fully saturated rings. The molecule has 0 unspecified atom stereocenters. The second-order valence-electron chi connectivity index (χ2n) is 7.72. The molecule has 170 valence electrons. The highest BCUT2D eigenvalue weighted by Crippen LogP contribution is 2.36. The highest BCUT2D eigenvalue weighted by Gasteiger charge is 2.16. The van der Waals surface area contributed by atoms with Gasteiger partial charge in [-0.05, 0) is 57.4 Å². The SMILES string of the molecule is Cc1nc(-c2cccc(N)c2)c(-c2ccnc(Nc3ccc(OCCN(C)C)c(Cl)c3)n2)s1. The molecule has 0 bridgehead atoms. The second kappa shape index (κ2) is 10.2. The van der Waals surface area contributed by atoms with Crippen molar-refractivity contribution in [1.29, 1.82) is 0 Å². The van der Waals surface area contributed by atoms with Gasteiger partial charge in [0.15, 0.2) is 0 Å². The Hall–Kier alpha value is -3.20. The summed E-state index contributed by atoms with van der Waals surface area (Å²) in [5, 5.41) is 4.70. The van der Waals surface area contributed by atoms with Crippen molar-refractivity contribution in [2.45, 2.75) is 6.92 Å². The van der Waals surface area contributed by atoms with E-state index in [0.717, 1.165) is 39.1 Å². The molecule has 4 rings (SSSR count). The summed E-state index contributed by atoms with van der Waals surface area (Å²) in [4.78, 5) is 16.8. The van der Waals surface area contributed by atoms with Crippen LogP contribution in [0.4, 0.5) is 17.3 Å². The number of hydrogen-bond acceptors (Lipinski definition) is 8. The topological polar surface area (TPSA) is 89.2 Å². The fourth-order valence-corrected chi connectivity index (χ4v) is 4.34. The Balaban J connectivity index is 1.56. The van der Waals surface area contributed by atoms with Gasteiger partial charge in [-0.2, -0.15) is 0 Å². The number of thiazole rings is 1. The average molecular weight is 481 g/mol. The highest BCUT2D eigenvalue weighted by atomic mass is 35.5. The molecular weight excluding hydrogens is 456 g/mol. The van der Waals surface area contributed by atoms with Crippen LogP contribution in [0.15, 0.2) is 54.7 Å². The van der Waals surface area contributed by atoms with Crippen molar-refractivity contribution in [2.24, 2.45) is 0 Å². The number of hydrogen-bond donors (Lipinski definition) is 2. The Labute approximate surface area is 202 Å². The molecule has 2 aromatic heterocycles. The average Bonchev–Trinajstić information content (AvgIpc) is 3.17. The van der Waals surface area contributed by atoms with E-state index < -0.39 is 0 Å². The molecule has 0 saturated heterocycles. The van der Waals surface area contributed by atoms with Crippen molar-refractivity contribution in [2.75, 3.05) is 38.3 Å². The second-order valence-corrected chi connectivity index (χ2v) is 9.33. The maximum absolute atomic E-state index is 6.41. The van der Waals surface area contributed by atoms with Crippen LogP contribution in [-0.4, -0.2) is 47.1 Å². The summed E-state index contributed by atoms with van der Waals surface area (Å²) in [6, 6.07) is 15.1. The smallest absolute Gasteiger partial charge is 0.227 e. The number of aromatic nitrogens is 3. The molecule has 0 atom stereocenters.